The number of nitrogens with one attached hydrogen (secondary N) is 1. The fourth-order valence-corrected chi connectivity index (χ4v) is 6.55. The first-order valence-corrected chi connectivity index (χ1v) is 14.3. The second-order valence-electron chi connectivity index (χ2n) is 9.99. The van der Waals surface area contributed by atoms with E-state index in [1.54, 1.807) is 56.3 Å². The molecule has 0 radical (unpaired) electrons. The summed E-state index contributed by atoms with van der Waals surface area (Å²) in [6, 6.07) is 19.1. The van der Waals surface area contributed by atoms with Gasteiger partial charge in [-0.15, -0.1) is 0 Å². The zero-order valence-electron chi connectivity index (χ0n) is 22.8. The van der Waals surface area contributed by atoms with Gasteiger partial charge in [0.15, 0.2) is 0 Å². The van der Waals surface area contributed by atoms with Crippen molar-refractivity contribution in [1.82, 2.24) is 4.72 Å². The van der Waals surface area contributed by atoms with Crippen LogP contribution in [0.2, 0.25) is 0 Å². The molecule has 0 heterocycles. The Morgan fingerprint density at radius 3 is 1.67 bits per heavy atom. The number of alkyl halides is 6. The van der Waals surface area contributed by atoms with Crippen LogP contribution in [0.1, 0.15) is 50.5 Å². The summed E-state index contributed by atoms with van der Waals surface area (Å²) < 4.78 is 110. The van der Waals surface area contributed by atoms with Crippen LogP contribution in [-0.4, -0.2) is 8.42 Å². The number of hydrogen-bond donors (Lipinski definition) is 1. The molecule has 0 spiro atoms. The van der Waals surface area contributed by atoms with E-state index in [-0.39, 0.29) is 16.0 Å². The van der Waals surface area contributed by atoms with Crippen molar-refractivity contribution in [3.8, 4) is 0 Å². The van der Waals surface area contributed by atoms with Crippen molar-refractivity contribution < 1.29 is 34.8 Å². The fraction of sp³-hybridized carbons (Fsp3) is 0.188. The van der Waals surface area contributed by atoms with Crippen molar-refractivity contribution in [1.29, 1.82) is 0 Å². The topological polar surface area (TPSA) is 46.2 Å². The van der Waals surface area contributed by atoms with E-state index in [0.717, 1.165) is 29.8 Å². The number of halogens is 6. The fourth-order valence-electron chi connectivity index (χ4n) is 4.89. The maximum Gasteiger partial charge on any atom is 0.416 e. The summed E-state index contributed by atoms with van der Waals surface area (Å²) in [6.07, 6.45) is -7.70. The third-order valence-corrected chi connectivity index (χ3v) is 8.42. The Labute approximate surface area is 240 Å². The van der Waals surface area contributed by atoms with Crippen LogP contribution in [0, 0.1) is 20.8 Å². The SMILES string of the molecule is Cc1cc(C)c(S(=O)(=O)NC(/C(=C/c2ccc(C(F)(F)F)cc2)c2ccc(C(F)(F)F)cc2)c2ccccc2)c(C)c1. The maximum atomic E-state index is 13.9. The molecule has 1 atom stereocenters. The Bertz CT molecular complexity index is 1670. The van der Waals surface area contributed by atoms with Gasteiger partial charge in [-0.2, -0.15) is 31.1 Å². The third-order valence-electron chi connectivity index (χ3n) is 6.70. The molecule has 0 saturated heterocycles. The van der Waals surface area contributed by atoms with Crippen molar-refractivity contribution in [2.45, 2.75) is 44.1 Å². The molecule has 0 saturated carbocycles. The average Bonchev–Trinajstić information content (AvgIpc) is 2.90. The van der Waals surface area contributed by atoms with E-state index in [9.17, 15) is 34.8 Å². The maximum absolute atomic E-state index is 13.9. The van der Waals surface area contributed by atoms with Gasteiger partial charge in [-0.3, -0.25) is 0 Å². The highest BCUT2D eigenvalue weighted by Gasteiger charge is 2.32. The van der Waals surface area contributed by atoms with E-state index in [1.807, 2.05) is 6.92 Å². The highest BCUT2D eigenvalue weighted by molar-refractivity contribution is 7.89. The standard InChI is InChI=1S/C32H27F6NO2S/c1-20-17-21(2)30(22(3)18-20)42(40,41)39-29(25-7-5-4-6-8-25)28(24-11-15-27(16-12-24)32(36,37)38)19-23-9-13-26(14-10-23)31(33,34)35/h4-19,29,39H,1-3H3/b28-19+. The van der Waals surface area contributed by atoms with Crippen molar-refractivity contribution in [3.63, 3.8) is 0 Å². The van der Waals surface area contributed by atoms with Crippen LogP contribution < -0.4 is 4.72 Å². The molecule has 0 aliphatic heterocycles. The Balaban J connectivity index is 1.92. The van der Waals surface area contributed by atoms with Crippen LogP contribution in [0.3, 0.4) is 0 Å². The van der Waals surface area contributed by atoms with Crippen molar-refractivity contribution in [2.75, 3.05) is 0 Å². The molecule has 0 aliphatic rings. The Morgan fingerprint density at radius 2 is 1.19 bits per heavy atom. The van der Waals surface area contributed by atoms with Crippen LogP contribution in [0.15, 0.2) is 95.9 Å². The van der Waals surface area contributed by atoms with E-state index in [1.165, 1.54) is 30.3 Å². The van der Waals surface area contributed by atoms with E-state index in [4.69, 9.17) is 0 Å². The lowest BCUT2D eigenvalue weighted by atomic mass is 9.91. The number of hydrogen-bond acceptors (Lipinski definition) is 2. The second-order valence-corrected chi connectivity index (χ2v) is 11.6. The van der Waals surface area contributed by atoms with E-state index in [0.29, 0.717) is 22.3 Å². The largest absolute Gasteiger partial charge is 0.416 e. The number of rotatable bonds is 7. The molecule has 4 aromatic rings. The molecule has 1 N–H and O–H groups in total. The molecule has 4 rings (SSSR count). The van der Waals surface area contributed by atoms with Crippen molar-refractivity contribution >= 4 is 21.7 Å². The molecule has 0 aliphatic carbocycles. The van der Waals surface area contributed by atoms with Crippen LogP contribution in [0.5, 0.6) is 0 Å². The Kier molecular flexibility index (Phi) is 8.71. The summed E-state index contributed by atoms with van der Waals surface area (Å²) in [4.78, 5) is 0.0651. The van der Waals surface area contributed by atoms with E-state index >= 15 is 0 Å². The van der Waals surface area contributed by atoms with Crippen LogP contribution in [0.25, 0.3) is 11.6 Å². The van der Waals surface area contributed by atoms with Gasteiger partial charge < -0.3 is 0 Å². The van der Waals surface area contributed by atoms with E-state index < -0.39 is 39.5 Å². The first kappa shape index (κ1) is 31.1. The summed E-state index contributed by atoms with van der Waals surface area (Å²) in [5.74, 6) is 0. The second kappa shape index (κ2) is 11.8. The minimum absolute atomic E-state index is 0.0651. The Morgan fingerprint density at radius 1 is 0.714 bits per heavy atom. The lowest BCUT2D eigenvalue weighted by Crippen LogP contribution is -2.30. The molecule has 4 aromatic carbocycles. The highest BCUT2D eigenvalue weighted by atomic mass is 32.2. The summed E-state index contributed by atoms with van der Waals surface area (Å²) in [7, 11) is -4.21. The molecule has 3 nitrogen and oxygen atoms in total. The summed E-state index contributed by atoms with van der Waals surface area (Å²) >= 11 is 0. The average molecular weight is 604 g/mol. The van der Waals surface area contributed by atoms with Gasteiger partial charge >= 0.3 is 12.4 Å². The zero-order valence-corrected chi connectivity index (χ0v) is 23.6. The summed E-state index contributed by atoms with van der Waals surface area (Å²) in [6.45, 7) is 5.17. The van der Waals surface area contributed by atoms with Gasteiger partial charge in [-0.25, -0.2) is 8.42 Å². The molecule has 0 bridgehead atoms. The molecule has 42 heavy (non-hydrogen) atoms. The first-order valence-electron chi connectivity index (χ1n) is 12.8. The lowest BCUT2D eigenvalue weighted by Gasteiger charge is -2.25. The molecule has 0 amide bonds. The van der Waals surface area contributed by atoms with Crippen LogP contribution in [0.4, 0.5) is 26.3 Å². The predicted octanol–water partition coefficient (Wildman–Crippen LogP) is 8.91. The molecule has 220 valence electrons. The Hall–Kier alpha value is -3.89. The number of benzene rings is 4. The number of sulfonamides is 1. The zero-order chi connectivity index (χ0) is 30.9. The van der Waals surface area contributed by atoms with Crippen LogP contribution >= 0.6 is 0 Å². The number of aryl methyl sites for hydroxylation is 3. The van der Waals surface area contributed by atoms with Gasteiger partial charge in [0.05, 0.1) is 22.1 Å². The van der Waals surface area contributed by atoms with Crippen molar-refractivity contribution in [2.24, 2.45) is 0 Å². The monoisotopic (exact) mass is 603 g/mol. The van der Waals surface area contributed by atoms with Gasteiger partial charge in [0.2, 0.25) is 10.0 Å². The molecule has 1 unspecified atom stereocenters. The predicted molar refractivity (Wildman–Crippen MR) is 151 cm³/mol. The van der Waals surface area contributed by atoms with Gasteiger partial charge in [0, 0.05) is 0 Å². The first-order chi connectivity index (χ1) is 19.6. The third kappa shape index (κ3) is 7.11. The molecular formula is C32H27F6NO2S. The minimum atomic E-state index is -4.60. The highest BCUT2D eigenvalue weighted by Crippen LogP contribution is 2.37. The summed E-state index contributed by atoms with van der Waals surface area (Å²) in [5, 5.41) is 0. The smallest absolute Gasteiger partial charge is 0.207 e. The quantitative estimate of drug-likeness (QED) is 0.169. The normalized spacial score (nSPS) is 13.7. The lowest BCUT2D eigenvalue weighted by molar-refractivity contribution is -0.138. The molecular weight excluding hydrogens is 576 g/mol. The minimum Gasteiger partial charge on any atom is -0.207 e. The van der Waals surface area contributed by atoms with Gasteiger partial charge in [-0.05, 0) is 84.5 Å². The van der Waals surface area contributed by atoms with Gasteiger partial charge in [0.25, 0.3) is 0 Å². The molecule has 0 fully saturated rings. The van der Waals surface area contributed by atoms with E-state index in [2.05, 4.69) is 4.72 Å². The van der Waals surface area contributed by atoms with Gasteiger partial charge in [0.1, 0.15) is 0 Å². The van der Waals surface area contributed by atoms with Gasteiger partial charge in [-0.1, -0.05) is 72.3 Å². The van der Waals surface area contributed by atoms with Crippen LogP contribution in [-0.2, 0) is 22.4 Å². The molecule has 10 heteroatoms. The van der Waals surface area contributed by atoms with Crippen molar-refractivity contribution in [3.05, 3.63) is 136 Å². The summed E-state index contributed by atoms with van der Waals surface area (Å²) in [5.41, 5.74) is 1.37. The molecule has 0 aromatic heterocycles.